The molecule has 0 radical (unpaired) electrons. The average molecular weight is 289 g/mol. The molecular weight excluding hydrogens is 273 g/mol. The number of aromatic hydroxyl groups is 1. The largest absolute Gasteiger partial charge is 0.507 e. The van der Waals surface area contributed by atoms with Gasteiger partial charge in [-0.15, -0.1) is 0 Å². The van der Waals surface area contributed by atoms with Gasteiger partial charge in [-0.3, -0.25) is 4.79 Å². The summed E-state index contributed by atoms with van der Waals surface area (Å²) in [5.41, 5.74) is 1.58. The van der Waals surface area contributed by atoms with Crippen LogP contribution >= 0.6 is 0 Å². The molecule has 2 aromatic carbocycles. The summed E-state index contributed by atoms with van der Waals surface area (Å²) in [6, 6.07) is 10.5. The van der Waals surface area contributed by atoms with Crippen molar-refractivity contribution in [3.63, 3.8) is 0 Å². The minimum Gasteiger partial charge on any atom is -0.507 e. The van der Waals surface area contributed by atoms with E-state index >= 15 is 0 Å². The van der Waals surface area contributed by atoms with Gasteiger partial charge in [0.25, 0.3) is 5.91 Å². The molecule has 21 heavy (non-hydrogen) atoms. The molecule has 0 aliphatic heterocycles. The molecule has 0 saturated carbocycles. The fourth-order valence-corrected chi connectivity index (χ4v) is 1.98. The Hall–Kier alpha value is -2.40. The second kappa shape index (κ2) is 6.85. The number of aryl methyl sites for hydroxylation is 1. The van der Waals surface area contributed by atoms with E-state index in [1.165, 1.54) is 6.07 Å². The third-order valence-electron chi connectivity index (χ3n) is 3.01. The minimum absolute atomic E-state index is 0.0113. The zero-order valence-corrected chi connectivity index (χ0v) is 11.3. The Kier molecular flexibility index (Phi) is 4.90. The summed E-state index contributed by atoms with van der Waals surface area (Å²) in [5, 5.41) is 21.0. The van der Waals surface area contributed by atoms with E-state index in [1.807, 2.05) is 6.07 Å². The Morgan fingerprint density at radius 2 is 2.00 bits per heavy atom. The van der Waals surface area contributed by atoms with Gasteiger partial charge >= 0.3 is 0 Å². The lowest BCUT2D eigenvalue weighted by molar-refractivity contribution is 0.102. The number of benzene rings is 2. The van der Waals surface area contributed by atoms with Crippen LogP contribution in [0.15, 0.2) is 42.5 Å². The first-order valence-electron chi connectivity index (χ1n) is 6.60. The highest BCUT2D eigenvalue weighted by atomic mass is 19.1. The molecule has 0 aliphatic carbocycles. The van der Waals surface area contributed by atoms with Crippen molar-refractivity contribution in [1.82, 2.24) is 0 Å². The third-order valence-corrected chi connectivity index (χ3v) is 3.01. The van der Waals surface area contributed by atoms with Crippen LogP contribution < -0.4 is 5.32 Å². The van der Waals surface area contributed by atoms with Crippen molar-refractivity contribution in [3.05, 3.63) is 59.4 Å². The molecule has 0 aromatic heterocycles. The van der Waals surface area contributed by atoms with Crippen molar-refractivity contribution in [3.8, 4) is 5.75 Å². The first-order chi connectivity index (χ1) is 10.1. The van der Waals surface area contributed by atoms with E-state index in [0.717, 1.165) is 17.7 Å². The van der Waals surface area contributed by atoms with Crippen LogP contribution in [-0.4, -0.2) is 22.7 Å². The molecular formula is C16H16FNO3. The zero-order valence-electron chi connectivity index (χ0n) is 11.3. The number of amides is 1. The maximum Gasteiger partial charge on any atom is 0.259 e. The highest BCUT2D eigenvalue weighted by molar-refractivity contribution is 6.06. The Labute approximate surface area is 121 Å². The monoisotopic (exact) mass is 289 g/mol. The number of carbonyl (C=O) groups is 1. The maximum absolute atomic E-state index is 12.9. The molecule has 5 heteroatoms. The van der Waals surface area contributed by atoms with Crippen LogP contribution in [0.25, 0.3) is 0 Å². The molecule has 0 aliphatic rings. The summed E-state index contributed by atoms with van der Waals surface area (Å²) in [7, 11) is 0. The molecule has 0 atom stereocenters. The molecule has 0 fully saturated rings. The molecule has 3 N–H and O–H groups in total. The highest BCUT2D eigenvalue weighted by Crippen LogP contribution is 2.20. The molecule has 110 valence electrons. The van der Waals surface area contributed by atoms with Gasteiger partial charge in [0.2, 0.25) is 0 Å². The van der Waals surface area contributed by atoms with Crippen molar-refractivity contribution >= 4 is 11.6 Å². The summed E-state index contributed by atoms with van der Waals surface area (Å²) in [6.07, 6.45) is 1.36. The fraction of sp³-hybridized carbons (Fsp3) is 0.188. The van der Waals surface area contributed by atoms with E-state index in [0.29, 0.717) is 18.5 Å². The smallest absolute Gasteiger partial charge is 0.259 e. The predicted octanol–water partition coefficient (Wildman–Crippen LogP) is 2.71. The second-order valence-corrected chi connectivity index (χ2v) is 4.64. The third kappa shape index (κ3) is 4.03. The van der Waals surface area contributed by atoms with Crippen molar-refractivity contribution in [1.29, 1.82) is 0 Å². The van der Waals surface area contributed by atoms with Crippen LogP contribution in [0, 0.1) is 5.82 Å². The first-order valence-corrected chi connectivity index (χ1v) is 6.60. The second-order valence-electron chi connectivity index (χ2n) is 4.64. The molecule has 0 spiro atoms. The van der Waals surface area contributed by atoms with Crippen LogP contribution in [0.1, 0.15) is 22.3 Å². The molecule has 0 bridgehead atoms. The summed E-state index contributed by atoms with van der Waals surface area (Å²) < 4.78 is 12.9. The lowest BCUT2D eigenvalue weighted by atomic mass is 10.1. The van der Waals surface area contributed by atoms with Gasteiger partial charge in [-0.1, -0.05) is 12.1 Å². The van der Waals surface area contributed by atoms with E-state index in [-0.39, 0.29) is 12.2 Å². The Bertz CT molecular complexity index is 643. The number of anilines is 1. The van der Waals surface area contributed by atoms with Crippen molar-refractivity contribution in [2.24, 2.45) is 0 Å². The maximum atomic E-state index is 12.9. The fourth-order valence-electron chi connectivity index (χ4n) is 1.98. The number of phenols is 1. The number of hydrogen-bond donors (Lipinski definition) is 3. The van der Waals surface area contributed by atoms with E-state index < -0.39 is 17.5 Å². The number of rotatable bonds is 5. The summed E-state index contributed by atoms with van der Waals surface area (Å²) in [6.45, 7) is 0.111. The Morgan fingerprint density at radius 3 is 2.71 bits per heavy atom. The first kappa shape index (κ1) is 15.0. The van der Waals surface area contributed by atoms with Crippen molar-refractivity contribution < 1.29 is 19.4 Å². The standard InChI is InChI=1S/C16H16FNO3/c17-12-6-7-14(15(20)10-12)16(21)18-13-5-1-3-11(9-13)4-2-8-19/h1,3,5-7,9-10,19-20H,2,4,8H2,(H,18,21). The molecule has 0 unspecified atom stereocenters. The quantitative estimate of drug-likeness (QED) is 0.792. The molecule has 1 amide bonds. The number of aliphatic hydroxyl groups excluding tert-OH is 1. The molecule has 0 heterocycles. The van der Waals surface area contributed by atoms with Gasteiger partial charge in [0.05, 0.1) is 5.56 Å². The van der Waals surface area contributed by atoms with E-state index in [4.69, 9.17) is 5.11 Å². The Balaban J connectivity index is 2.12. The van der Waals surface area contributed by atoms with Gasteiger partial charge in [0.1, 0.15) is 11.6 Å². The molecule has 4 nitrogen and oxygen atoms in total. The van der Waals surface area contributed by atoms with Crippen molar-refractivity contribution in [2.75, 3.05) is 11.9 Å². The van der Waals surface area contributed by atoms with Crippen LogP contribution in [0.5, 0.6) is 5.75 Å². The topological polar surface area (TPSA) is 69.6 Å². The van der Waals surface area contributed by atoms with Gasteiger partial charge in [-0.2, -0.15) is 0 Å². The Morgan fingerprint density at radius 1 is 1.19 bits per heavy atom. The van der Waals surface area contributed by atoms with Crippen LogP contribution in [0.3, 0.4) is 0 Å². The molecule has 0 saturated heterocycles. The van der Waals surface area contributed by atoms with E-state index in [9.17, 15) is 14.3 Å². The lowest BCUT2D eigenvalue weighted by Crippen LogP contribution is -2.12. The van der Waals surface area contributed by atoms with Gasteiger partial charge in [-0.05, 0) is 42.7 Å². The number of aliphatic hydroxyl groups is 1. The SMILES string of the molecule is O=C(Nc1cccc(CCCO)c1)c1ccc(F)cc1O. The zero-order chi connectivity index (χ0) is 15.2. The summed E-state index contributed by atoms with van der Waals surface area (Å²) in [5.74, 6) is -1.51. The van der Waals surface area contributed by atoms with Gasteiger partial charge in [0.15, 0.2) is 0 Å². The number of halogens is 1. The van der Waals surface area contributed by atoms with Crippen LogP contribution in [-0.2, 0) is 6.42 Å². The van der Waals surface area contributed by atoms with E-state index in [2.05, 4.69) is 5.32 Å². The number of nitrogens with one attached hydrogen (secondary N) is 1. The van der Waals surface area contributed by atoms with E-state index in [1.54, 1.807) is 18.2 Å². The molecule has 2 rings (SSSR count). The van der Waals surface area contributed by atoms with Crippen molar-refractivity contribution in [2.45, 2.75) is 12.8 Å². The number of carbonyl (C=O) groups excluding carboxylic acids is 1. The summed E-state index contributed by atoms with van der Waals surface area (Å²) >= 11 is 0. The lowest BCUT2D eigenvalue weighted by Gasteiger charge is -2.08. The number of hydrogen-bond acceptors (Lipinski definition) is 3. The molecule has 2 aromatic rings. The van der Waals surface area contributed by atoms with Gasteiger partial charge in [0, 0.05) is 18.4 Å². The average Bonchev–Trinajstić information content (AvgIpc) is 2.45. The predicted molar refractivity (Wildman–Crippen MR) is 77.9 cm³/mol. The van der Waals surface area contributed by atoms with Gasteiger partial charge in [-0.25, -0.2) is 4.39 Å². The van der Waals surface area contributed by atoms with Gasteiger partial charge < -0.3 is 15.5 Å². The number of phenolic OH excluding ortho intramolecular Hbond substituents is 1. The normalized spacial score (nSPS) is 10.4. The van der Waals surface area contributed by atoms with Crippen LogP contribution in [0.4, 0.5) is 10.1 Å². The minimum atomic E-state index is -0.602. The summed E-state index contributed by atoms with van der Waals surface area (Å²) in [4.78, 5) is 12.0. The van der Waals surface area contributed by atoms with Crippen LogP contribution in [0.2, 0.25) is 0 Å². The highest BCUT2D eigenvalue weighted by Gasteiger charge is 2.12.